The molecular weight excluding hydrogens is 361 g/mol. The summed E-state index contributed by atoms with van der Waals surface area (Å²) in [5.74, 6) is 0.296. The van der Waals surface area contributed by atoms with E-state index in [-0.39, 0.29) is 24.0 Å². The topological polar surface area (TPSA) is 64.4 Å². The Morgan fingerprint density at radius 1 is 1.33 bits per heavy atom. The van der Waals surface area contributed by atoms with Crippen molar-refractivity contribution < 1.29 is 27.1 Å². The van der Waals surface area contributed by atoms with Gasteiger partial charge in [-0.25, -0.2) is 4.98 Å². The molecular formula is C19H15F3N2O3. The lowest BCUT2D eigenvalue weighted by molar-refractivity contribution is -0.137. The highest BCUT2D eigenvalue weighted by atomic mass is 19.4. The number of nitrogens with zero attached hydrogens (tertiary/aromatic N) is 1. The van der Waals surface area contributed by atoms with Crippen molar-refractivity contribution in [2.75, 3.05) is 0 Å². The number of carbonyl (C=O) groups is 1. The van der Waals surface area contributed by atoms with Crippen molar-refractivity contribution in [3.63, 3.8) is 0 Å². The molecule has 0 aliphatic rings. The van der Waals surface area contributed by atoms with Crippen LogP contribution < -0.4 is 10.1 Å². The Morgan fingerprint density at radius 2 is 2.11 bits per heavy atom. The fourth-order valence-electron chi connectivity index (χ4n) is 2.48. The number of fused-ring (bicyclic) bond motifs is 1. The van der Waals surface area contributed by atoms with Crippen LogP contribution in [0.25, 0.3) is 11.1 Å². The Labute approximate surface area is 152 Å². The summed E-state index contributed by atoms with van der Waals surface area (Å²) in [7, 11) is 0. The number of alkyl halides is 3. The van der Waals surface area contributed by atoms with Gasteiger partial charge in [-0.1, -0.05) is 12.6 Å². The van der Waals surface area contributed by atoms with Gasteiger partial charge in [0.05, 0.1) is 5.56 Å². The predicted molar refractivity (Wildman–Crippen MR) is 92.3 cm³/mol. The number of aromatic nitrogens is 1. The molecule has 27 heavy (non-hydrogen) atoms. The number of benzene rings is 2. The normalized spacial score (nSPS) is 11.4. The maximum atomic E-state index is 12.9. The van der Waals surface area contributed by atoms with Crippen molar-refractivity contribution in [1.82, 2.24) is 10.3 Å². The Hall–Kier alpha value is -3.29. The third-order valence-corrected chi connectivity index (χ3v) is 3.72. The van der Waals surface area contributed by atoms with E-state index in [1.54, 1.807) is 19.1 Å². The van der Waals surface area contributed by atoms with Gasteiger partial charge in [-0.15, -0.1) is 0 Å². The van der Waals surface area contributed by atoms with E-state index in [9.17, 15) is 18.0 Å². The van der Waals surface area contributed by atoms with Gasteiger partial charge in [-0.3, -0.25) is 4.79 Å². The van der Waals surface area contributed by atoms with Gasteiger partial charge in [0.1, 0.15) is 5.75 Å². The zero-order chi connectivity index (χ0) is 19.6. The third-order valence-electron chi connectivity index (χ3n) is 3.72. The second-order valence-corrected chi connectivity index (χ2v) is 5.68. The van der Waals surface area contributed by atoms with E-state index in [2.05, 4.69) is 16.9 Å². The molecule has 3 aromatic rings. The highest BCUT2D eigenvalue weighted by molar-refractivity contribution is 5.88. The van der Waals surface area contributed by atoms with Crippen LogP contribution in [-0.2, 0) is 17.5 Å². The average molecular weight is 376 g/mol. The Bertz CT molecular complexity index is 1010. The molecule has 0 saturated heterocycles. The highest BCUT2D eigenvalue weighted by Crippen LogP contribution is 2.35. The van der Waals surface area contributed by atoms with Gasteiger partial charge in [-0.05, 0) is 36.4 Å². The number of nitrogens with one attached hydrogen (secondary N) is 1. The van der Waals surface area contributed by atoms with Crippen molar-refractivity contribution in [3.05, 3.63) is 66.1 Å². The largest absolute Gasteiger partial charge is 0.455 e. The van der Waals surface area contributed by atoms with Crippen LogP contribution in [-0.4, -0.2) is 10.9 Å². The number of halogens is 3. The second kappa shape index (κ2) is 7.14. The number of aryl methyl sites for hydroxylation is 1. The first-order valence-corrected chi connectivity index (χ1v) is 7.92. The van der Waals surface area contributed by atoms with Crippen LogP contribution in [0, 0.1) is 6.92 Å². The van der Waals surface area contributed by atoms with Crippen LogP contribution in [0.4, 0.5) is 13.2 Å². The summed E-state index contributed by atoms with van der Waals surface area (Å²) in [6.07, 6.45) is -3.32. The van der Waals surface area contributed by atoms with E-state index >= 15 is 0 Å². The number of rotatable bonds is 5. The monoisotopic (exact) mass is 376 g/mol. The van der Waals surface area contributed by atoms with E-state index in [0.717, 1.165) is 18.2 Å². The summed E-state index contributed by atoms with van der Waals surface area (Å²) in [4.78, 5) is 15.6. The average Bonchev–Trinajstić information content (AvgIpc) is 3.02. The lowest BCUT2D eigenvalue weighted by atomic mass is 10.1. The molecule has 1 amide bonds. The number of amides is 1. The Kier molecular flexibility index (Phi) is 4.89. The van der Waals surface area contributed by atoms with E-state index in [1.807, 2.05) is 0 Å². The summed E-state index contributed by atoms with van der Waals surface area (Å²) in [5.41, 5.74) is 0.588. The quantitative estimate of drug-likeness (QED) is 0.653. The van der Waals surface area contributed by atoms with Gasteiger partial charge in [-0.2, -0.15) is 13.2 Å². The molecule has 1 aromatic heterocycles. The first kappa shape index (κ1) is 18.5. The molecule has 1 heterocycles. The molecule has 1 N–H and O–H groups in total. The molecule has 0 aliphatic heterocycles. The Morgan fingerprint density at radius 3 is 2.81 bits per heavy atom. The molecule has 0 saturated carbocycles. The maximum absolute atomic E-state index is 12.9. The maximum Gasteiger partial charge on any atom is 0.416 e. The summed E-state index contributed by atoms with van der Waals surface area (Å²) in [6, 6.07) is 7.79. The zero-order valence-electron chi connectivity index (χ0n) is 14.3. The van der Waals surface area contributed by atoms with E-state index in [0.29, 0.717) is 22.6 Å². The van der Waals surface area contributed by atoms with Crippen LogP contribution in [0.5, 0.6) is 11.5 Å². The fraction of sp³-hybridized carbons (Fsp3) is 0.158. The van der Waals surface area contributed by atoms with Crippen molar-refractivity contribution in [1.29, 1.82) is 0 Å². The summed E-state index contributed by atoms with van der Waals surface area (Å²) < 4.78 is 49.8. The van der Waals surface area contributed by atoms with E-state index < -0.39 is 11.7 Å². The van der Waals surface area contributed by atoms with Crippen LogP contribution in [0.1, 0.15) is 17.0 Å². The minimum absolute atomic E-state index is 0.0273. The van der Waals surface area contributed by atoms with Crippen molar-refractivity contribution in [2.24, 2.45) is 0 Å². The third kappa shape index (κ3) is 4.11. The molecule has 0 radical (unpaired) electrons. The zero-order valence-corrected chi connectivity index (χ0v) is 14.3. The lowest BCUT2D eigenvalue weighted by Gasteiger charge is -2.11. The fourth-order valence-corrected chi connectivity index (χ4v) is 2.48. The van der Waals surface area contributed by atoms with Crippen molar-refractivity contribution in [3.8, 4) is 11.5 Å². The first-order chi connectivity index (χ1) is 12.8. The van der Waals surface area contributed by atoms with Gasteiger partial charge < -0.3 is 14.5 Å². The molecule has 0 bridgehead atoms. The molecule has 3 rings (SSSR count). The predicted octanol–water partition coefficient (Wildman–Crippen LogP) is 4.75. The number of ether oxygens (including phenoxy) is 1. The smallest absolute Gasteiger partial charge is 0.416 e. The van der Waals surface area contributed by atoms with Crippen LogP contribution in [0.2, 0.25) is 0 Å². The molecule has 2 aromatic carbocycles. The summed E-state index contributed by atoms with van der Waals surface area (Å²) >= 11 is 0. The van der Waals surface area contributed by atoms with Gasteiger partial charge in [0.15, 0.2) is 22.7 Å². The van der Waals surface area contributed by atoms with Crippen LogP contribution in [0.15, 0.2) is 53.5 Å². The minimum Gasteiger partial charge on any atom is -0.455 e. The molecule has 0 aliphatic carbocycles. The molecule has 140 valence electrons. The second-order valence-electron chi connectivity index (χ2n) is 5.68. The molecule has 0 unspecified atom stereocenters. The van der Waals surface area contributed by atoms with Gasteiger partial charge >= 0.3 is 6.18 Å². The van der Waals surface area contributed by atoms with Gasteiger partial charge in [0.25, 0.3) is 0 Å². The molecule has 0 atom stereocenters. The van der Waals surface area contributed by atoms with Crippen LogP contribution in [0.3, 0.4) is 0 Å². The number of oxazole rings is 1. The van der Waals surface area contributed by atoms with Gasteiger partial charge in [0.2, 0.25) is 5.91 Å². The van der Waals surface area contributed by atoms with E-state index in [1.165, 1.54) is 12.1 Å². The van der Waals surface area contributed by atoms with Crippen molar-refractivity contribution in [2.45, 2.75) is 19.6 Å². The minimum atomic E-state index is -4.47. The molecule has 8 heteroatoms. The molecule has 0 fully saturated rings. The molecule has 0 spiro atoms. The first-order valence-electron chi connectivity index (χ1n) is 7.92. The van der Waals surface area contributed by atoms with E-state index in [4.69, 9.17) is 9.15 Å². The molecule has 5 nitrogen and oxygen atoms in total. The standard InChI is InChI=1S/C19H15F3N2O3/c1-3-16(25)23-10-12-7-8-15(17-18(12)26-11(2)24-17)27-14-6-4-5-13(9-14)19(20,21)22/h3-9H,1,10H2,2H3,(H,23,25). The van der Waals surface area contributed by atoms with Crippen molar-refractivity contribution >= 4 is 17.0 Å². The SMILES string of the molecule is C=CC(=O)NCc1ccc(Oc2cccc(C(F)(F)F)c2)c2nc(C)oc12. The number of hydrogen-bond acceptors (Lipinski definition) is 4. The number of carbonyl (C=O) groups excluding carboxylic acids is 1. The summed E-state index contributed by atoms with van der Waals surface area (Å²) in [6.45, 7) is 5.20. The number of hydrogen-bond donors (Lipinski definition) is 1. The Balaban J connectivity index is 1.94. The van der Waals surface area contributed by atoms with Crippen LogP contribution >= 0.6 is 0 Å². The highest BCUT2D eigenvalue weighted by Gasteiger charge is 2.30. The summed E-state index contributed by atoms with van der Waals surface area (Å²) in [5, 5.41) is 2.63. The van der Waals surface area contributed by atoms with Gasteiger partial charge in [0, 0.05) is 19.0 Å². The lowest BCUT2D eigenvalue weighted by Crippen LogP contribution is -2.19.